The Morgan fingerprint density at radius 3 is 2.65 bits per heavy atom. The van der Waals surface area contributed by atoms with E-state index in [-0.39, 0.29) is 18.4 Å². The minimum Gasteiger partial charge on any atom is -0.314 e. The van der Waals surface area contributed by atoms with E-state index < -0.39 is 10.2 Å². The van der Waals surface area contributed by atoms with E-state index in [0.29, 0.717) is 31.6 Å². The Hall–Kier alpha value is 0.120. The number of fused-ring (bicyclic) bond motifs is 1. The van der Waals surface area contributed by atoms with E-state index in [4.69, 9.17) is 0 Å². The zero-order chi connectivity index (χ0) is 13.5. The minimum atomic E-state index is -3.23. The molecule has 3 rings (SSSR count). The number of nitrogens with one attached hydrogen (secondary N) is 1. The maximum absolute atomic E-state index is 12.8. The highest BCUT2D eigenvalue weighted by Gasteiger charge is 2.40. The molecule has 0 aliphatic carbocycles. The summed E-state index contributed by atoms with van der Waals surface area (Å²) in [5, 5.41) is 3.48. The maximum Gasteiger partial charge on any atom is 0.282 e. The summed E-state index contributed by atoms with van der Waals surface area (Å²) in [5.41, 5.74) is 0. The summed E-state index contributed by atoms with van der Waals surface area (Å²) in [5.74, 6) is 0.517. The third-order valence-electron chi connectivity index (χ3n) is 4.98. The van der Waals surface area contributed by atoms with Crippen molar-refractivity contribution in [2.75, 3.05) is 26.2 Å². The van der Waals surface area contributed by atoms with Crippen LogP contribution >= 0.6 is 12.4 Å². The zero-order valence-corrected chi connectivity index (χ0v) is 13.8. The van der Waals surface area contributed by atoms with E-state index in [1.807, 2.05) is 6.92 Å². The molecule has 20 heavy (non-hydrogen) atoms. The van der Waals surface area contributed by atoms with Gasteiger partial charge in [-0.15, -0.1) is 12.4 Å². The largest absolute Gasteiger partial charge is 0.314 e. The van der Waals surface area contributed by atoms with Crippen LogP contribution in [0, 0.1) is 5.92 Å². The molecule has 3 unspecified atom stereocenters. The zero-order valence-electron chi connectivity index (χ0n) is 12.1. The summed E-state index contributed by atoms with van der Waals surface area (Å²) in [6.07, 6.45) is 5.24. The molecule has 3 heterocycles. The molecule has 5 nitrogen and oxygen atoms in total. The Morgan fingerprint density at radius 2 is 1.90 bits per heavy atom. The molecule has 0 aromatic carbocycles. The van der Waals surface area contributed by atoms with Gasteiger partial charge in [0.05, 0.1) is 0 Å². The van der Waals surface area contributed by atoms with Crippen LogP contribution in [0.15, 0.2) is 0 Å². The van der Waals surface area contributed by atoms with Gasteiger partial charge in [0.25, 0.3) is 10.2 Å². The predicted molar refractivity (Wildman–Crippen MR) is 82.3 cm³/mol. The molecule has 0 amide bonds. The quantitative estimate of drug-likeness (QED) is 0.831. The van der Waals surface area contributed by atoms with Gasteiger partial charge in [-0.2, -0.15) is 17.0 Å². The van der Waals surface area contributed by atoms with Crippen LogP contribution in [0.5, 0.6) is 0 Å². The molecule has 0 spiro atoms. The van der Waals surface area contributed by atoms with Crippen molar-refractivity contribution in [3.63, 3.8) is 0 Å². The third-order valence-corrected chi connectivity index (χ3v) is 7.10. The van der Waals surface area contributed by atoms with Crippen LogP contribution in [0.25, 0.3) is 0 Å². The molecule has 3 atom stereocenters. The lowest BCUT2D eigenvalue weighted by atomic mass is 9.95. The molecule has 3 aliphatic heterocycles. The average molecular weight is 324 g/mol. The fourth-order valence-corrected chi connectivity index (χ4v) is 5.72. The van der Waals surface area contributed by atoms with Crippen molar-refractivity contribution in [3.05, 3.63) is 0 Å². The minimum absolute atomic E-state index is 0. The molecule has 0 saturated carbocycles. The van der Waals surface area contributed by atoms with Gasteiger partial charge in [-0.25, -0.2) is 0 Å². The lowest BCUT2D eigenvalue weighted by Gasteiger charge is -2.40. The molecule has 3 saturated heterocycles. The van der Waals surface area contributed by atoms with E-state index >= 15 is 0 Å². The first-order valence-electron chi connectivity index (χ1n) is 7.59. The Bertz CT molecular complexity index is 431. The molecule has 0 radical (unpaired) electrons. The second-order valence-electron chi connectivity index (χ2n) is 6.22. The van der Waals surface area contributed by atoms with Gasteiger partial charge in [-0.1, -0.05) is 6.42 Å². The number of hydrogen-bond acceptors (Lipinski definition) is 3. The van der Waals surface area contributed by atoms with Crippen LogP contribution in [-0.4, -0.2) is 55.3 Å². The van der Waals surface area contributed by atoms with Crippen molar-refractivity contribution in [1.82, 2.24) is 13.9 Å². The van der Waals surface area contributed by atoms with Crippen molar-refractivity contribution in [2.45, 2.75) is 51.1 Å². The van der Waals surface area contributed by atoms with Crippen LogP contribution in [0.3, 0.4) is 0 Å². The summed E-state index contributed by atoms with van der Waals surface area (Å²) in [6.45, 7) is 5.18. The summed E-state index contributed by atoms with van der Waals surface area (Å²) in [6, 6.07) is 0.711. The smallest absolute Gasteiger partial charge is 0.282 e. The number of rotatable bonds is 2. The summed E-state index contributed by atoms with van der Waals surface area (Å²) >= 11 is 0. The highest BCUT2D eigenvalue weighted by molar-refractivity contribution is 7.86. The fourth-order valence-electron chi connectivity index (χ4n) is 3.79. The van der Waals surface area contributed by atoms with E-state index in [1.165, 1.54) is 0 Å². The molecule has 0 aromatic rings. The van der Waals surface area contributed by atoms with Crippen molar-refractivity contribution >= 4 is 22.6 Å². The van der Waals surface area contributed by atoms with Crippen LogP contribution in [0.2, 0.25) is 0 Å². The van der Waals surface area contributed by atoms with E-state index in [9.17, 15) is 8.42 Å². The topological polar surface area (TPSA) is 52.7 Å². The average Bonchev–Trinajstić information content (AvgIpc) is 2.86. The normalized spacial score (nSPS) is 36.4. The van der Waals surface area contributed by atoms with E-state index in [1.54, 1.807) is 8.61 Å². The Morgan fingerprint density at radius 1 is 1.10 bits per heavy atom. The van der Waals surface area contributed by atoms with Crippen molar-refractivity contribution in [3.8, 4) is 0 Å². The molecule has 3 aliphatic rings. The Kier molecular flexibility index (Phi) is 5.34. The van der Waals surface area contributed by atoms with Gasteiger partial charge < -0.3 is 5.32 Å². The monoisotopic (exact) mass is 323 g/mol. The second kappa shape index (κ2) is 6.48. The Labute approximate surface area is 128 Å². The molecule has 3 fully saturated rings. The molecule has 0 bridgehead atoms. The molecular formula is C13H26ClN3O2S. The van der Waals surface area contributed by atoms with E-state index in [2.05, 4.69) is 5.32 Å². The lowest BCUT2D eigenvalue weighted by molar-refractivity contribution is 0.205. The van der Waals surface area contributed by atoms with Gasteiger partial charge in [0.1, 0.15) is 0 Å². The van der Waals surface area contributed by atoms with Gasteiger partial charge in [-0.05, 0) is 45.1 Å². The van der Waals surface area contributed by atoms with Crippen molar-refractivity contribution < 1.29 is 8.42 Å². The highest BCUT2D eigenvalue weighted by atomic mass is 35.5. The molecule has 1 N–H and O–H groups in total. The number of halogens is 1. The van der Waals surface area contributed by atoms with Crippen molar-refractivity contribution in [1.29, 1.82) is 0 Å². The summed E-state index contributed by atoms with van der Waals surface area (Å²) in [4.78, 5) is 0. The molecule has 118 valence electrons. The van der Waals surface area contributed by atoms with Crippen LogP contribution in [-0.2, 0) is 10.2 Å². The van der Waals surface area contributed by atoms with Gasteiger partial charge in [0, 0.05) is 31.7 Å². The standard InChI is InChI=1S/C13H25N3O2S.ClH/c1-11-4-2-3-8-16(11)19(17,18)15-9-6-13-12(10-15)5-7-14-13;/h11-14H,2-10H2,1H3;1H. The third kappa shape index (κ3) is 2.99. The summed E-state index contributed by atoms with van der Waals surface area (Å²) < 4.78 is 29.0. The lowest BCUT2D eigenvalue weighted by Crippen LogP contribution is -2.54. The first kappa shape index (κ1) is 16.5. The predicted octanol–water partition coefficient (Wildman–Crippen LogP) is 1.21. The van der Waals surface area contributed by atoms with Gasteiger partial charge in [0.15, 0.2) is 0 Å². The van der Waals surface area contributed by atoms with Gasteiger partial charge in [-0.3, -0.25) is 0 Å². The molecule has 0 aromatic heterocycles. The molecule has 7 heteroatoms. The maximum atomic E-state index is 12.8. The SMILES string of the molecule is CC1CCCCN1S(=O)(=O)N1CCC2NCCC2C1.Cl. The fraction of sp³-hybridized carbons (Fsp3) is 1.00. The number of hydrogen-bond donors (Lipinski definition) is 1. The van der Waals surface area contributed by atoms with Crippen LogP contribution < -0.4 is 5.32 Å². The van der Waals surface area contributed by atoms with Gasteiger partial charge in [0.2, 0.25) is 0 Å². The number of piperidine rings is 2. The number of nitrogens with zero attached hydrogens (tertiary/aromatic N) is 2. The summed E-state index contributed by atoms with van der Waals surface area (Å²) in [7, 11) is -3.23. The van der Waals surface area contributed by atoms with Crippen LogP contribution in [0.1, 0.15) is 39.0 Å². The molecular weight excluding hydrogens is 298 g/mol. The highest BCUT2D eigenvalue weighted by Crippen LogP contribution is 2.29. The van der Waals surface area contributed by atoms with Crippen LogP contribution in [0.4, 0.5) is 0 Å². The second-order valence-corrected chi connectivity index (χ2v) is 8.10. The van der Waals surface area contributed by atoms with E-state index in [0.717, 1.165) is 38.6 Å². The Balaban J connectivity index is 0.00000147. The first-order chi connectivity index (χ1) is 9.09. The van der Waals surface area contributed by atoms with Gasteiger partial charge >= 0.3 is 0 Å². The first-order valence-corrected chi connectivity index (χ1v) is 8.99. The van der Waals surface area contributed by atoms with Crippen molar-refractivity contribution in [2.24, 2.45) is 5.92 Å².